The van der Waals surface area contributed by atoms with Crippen molar-refractivity contribution >= 4 is 48.8 Å². The summed E-state index contributed by atoms with van der Waals surface area (Å²) < 4.78 is 12.4. The van der Waals surface area contributed by atoms with Crippen LogP contribution in [0.5, 0.6) is 0 Å². The summed E-state index contributed by atoms with van der Waals surface area (Å²) in [6.45, 7) is 2.30. The van der Waals surface area contributed by atoms with E-state index in [9.17, 15) is 9.00 Å². The highest BCUT2D eigenvalue weighted by atomic mass is 79.9. The van der Waals surface area contributed by atoms with Gasteiger partial charge in [0.2, 0.25) is 5.91 Å². The molecule has 64 valence electrons. The molecule has 1 amide bonds. The average Bonchev–Trinajstić information content (AvgIpc) is 2.17. The molecule has 1 heterocycles. The Hall–Kier alpha value is 0.580. The van der Waals surface area contributed by atoms with Crippen LogP contribution in [0.1, 0.15) is 6.92 Å². The second-order valence-electron chi connectivity index (χ2n) is 2.06. The quantitative estimate of drug-likeness (QED) is 0.678. The Morgan fingerprint density at radius 2 is 2.18 bits per heavy atom. The molecule has 11 heavy (non-hydrogen) atoms. The van der Waals surface area contributed by atoms with Crippen LogP contribution >= 0.6 is 31.9 Å². The van der Waals surface area contributed by atoms with Crippen LogP contribution in [0.15, 0.2) is 0 Å². The van der Waals surface area contributed by atoms with E-state index in [1.165, 1.54) is 4.31 Å². The largest absolute Gasteiger partial charge is 0.272 e. The van der Waals surface area contributed by atoms with Crippen LogP contribution in [0.4, 0.5) is 0 Å². The third-order valence-corrected chi connectivity index (χ3v) is 6.41. The van der Waals surface area contributed by atoms with E-state index in [-0.39, 0.29) is 14.9 Å². The minimum absolute atomic E-state index is 0.104. The van der Waals surface area contributed by atoms with Gasteiger partial charge < -0.3 is 0 Å². The molecule has 0 radical (unpaired) electrons. The van der Waals surface area contributed by atoms with Crippen LogP contribution in [0.3, 0.4) is 0 Å². The fourth-order valence-corrected chi connectivity index (χ4v) is 3.72. The molecular formula is C5H7Br2NO2S. The first-order valence-corrected chi connectivity index (χ1v) is 6.10. The van der Waals surface area contributed by atoms with Crippen molar-refractivity contribution in [1.82, 2.24) is 4.31 Å². The number of alkyl halides is 2. The Morgan fingerprint density at radius 3 is 2.36 bits per heavy atom. The number of carbonyl (C=O) groups is 1. The highest BCUT2D eigenvalue weighted by Crippen LogP contribution is 2.29. The van der Waals surface area contributed by atoms with E-state index >= 15 is 0 Å². The monoisotopic (exact) mass is 303 g/mol. The fourth-order valence-electron chi connectivity index (χ4n) is 0.845. The van der Waals surface area contributed by atoms with Crippen molar-refractivity contribution in [3.05, 3.63) is 0 Å². The van der Waals surface area contributed by atoms with Crippen molar-refractivity contribution in [3.8, 4) is 0 Å². The van der Waals surface area contributed by atoms with Gasteiger partial charge in [0.25, 0.3) is 0 Å². The fraction of sp³-hybridized carbons (Fsp3) is 0.800. The number of nitrogens with zero attached hydrogens (tertiary/aromatic N) is 1. The summed E-state index contributed by atoms with van der Waals surface area (Å²) in [7, 11) is -1.21. The number of halogens is 2. The molecule has 1 saturated heterocycles. The number of hydrogen-bond donors (Lipinski definition) is 0. The van der Waals surface area contributed by atoms with Crippen molar-refractivity contribution < 1.29 is 9.00 Å². The van der Waals surface area contributed by atoms with Gasteiger partial charge >= 0.3 is 0 Å². The molecule has 1 fully saturated rings. The van der Waals surface area contributed by atoms with Gasteiger partial charge in [-0.05, 0) is 6.92 Å². The maximum absolute atomic E-state index is 11.3. The standard InChI is InChI=1S/C5H7Br2NO2S/c1-2-8-5(9)3(6)4(7)11(8)10/h3-4H,2H2,1H3. The molecule has 0 aromatic heterocycles. The van der Waals surface area contributed by atoms with Gasteiger partial charge in [0.15, 0.2) is 0 Å². The van der Waals surface area contributed by atoms with Crippen molar-refractivity contribution in [3.63, 3.8) is 0 Å². The van der Waals surface area contributed by atoms with Gasteiger partial charge in [-0.1, -0.05) is 31.9 Å². The van der Waals surface area contributed by atoms with Crippen LogP contribution in [0.25, 0.3) is 0 Å². The zero-order valence-electron chi connectivity index (χ0n) is 5.79. The van der Waals surface area contributed by atoms with E-state index in [1.807, 2.05) is 0 Å². The summed E-state index contributed by atoms with van der Waals surface area (Å²) >= 11 is 6.34. The Bertz CT molecular complexity index is 191. The molecule has 0 N–H and O–H groups in total. The summed E-state index contributed by atoms with van der Waals surface area (Å²) in [6, 6.07) is 0. The molecule has 3 unspecified atom stereocenters. The van der Waals surface area contributed by atoms with E-state index in [0.29, 0.717) is 6.54 Å². The molecule has 6 heteroatoms. The number of amides is 1. The van der Waals surface area contributed by atoms with Crippen molar-refractivity contribution in [2.45, 2.75) is 15.9 Å². The van der Waals surface area contributed by atoms with Gasteiger partial charge in [-0.3, -0.25) is 9.10 Å². The first kappa shape index (κ1) is 9.67. The summed E-state index contributed by atoms with van der Waals surface area (Å²) in [5.41, 5.74) is 0. The highest BCUT2D eigenvalue weighted by Gasteiger charge is 2.43. The molecule has 0 spiro atoms. The lowest BCUT2D eigenvalue weighted by Gasteiger charge is -2.09. The Labute approximate surface area is 84.4 Å². The van der Waals surface area contributed by atoms with Gasteiger partial charge in [0.1, 0.15) is 20.0 Å². The predicted octanol–water partition coefficient (Wildman–Crippen LogP) is 0.997. The summed E-state index contributed by atoms with van der Waals surface area (Å²) in [5.74, 6) is -0.104. The van der Waals surface area contributed by atoms with Crippen LogP contribution < -0.4 is 0 Å². The molecule has 1 aliphatic heterocycles. The van der Waals surface area contributed by atoms with Crippen LogP contribution in [0, 0.1) is 0 Å². The second-order valence-corrected chi connectivity index (χ2v) is 6.14. The number of rotatable bonds is 1. The van der Waals surface area contributed by atoms with E-state index in [0.717, 1.165) is 0 Å². The molecule has 3 atom stereocenters. The lowest BCUT2D eigenvalue weighted by molar-refractivity contribution is -0.124. The molecule has 1 aliphatic rings. The van der Waals surface area contributed by atoms with Gasteiger partial charge in [-0.25, -0.2) is 4.21 Å². The SMILES string of the molecule is CCN1C(=O)C(Br)C(Br)S1=O. The third-order valence-electron chi connectivity index (χ3n) is 1.41. The lowest BCUT2D eigenvalue weighted by atomic mass is 10.4. The third kappa shape index (κ3) is 1.53. The Kier molecular flexibility index (Phi) is 3.10. The predicted molar refractivity (Wildman–Crippen MR) is 51.0 cm³/mol. The number of carbonyl (C=O) groups excluding carboxylic acids is 1. The Balaban J connectivity index is 2.86. The van der Waals surface area contributed by atoms with Crippen LogP contribution in [-0.4, -0.2) is 30.0 Å². The minimum Gasteiger partial charge on any atom is -0.272 e. The van der Waals surface area contributed by atoms with E-state index < -0.39 is 11.0 Å². The summed E-state index contributed by atoms with van der Waals surface area (Å²) in [6.07, 6.45) is 0. The zero-order chi connectivity index (χ0) is 8.59. The second kappa shape index (κ2) is 3.53. The summed E-state index contributed by atoms with van der Waals surface area (Å²) in [5, 5.41) is 0. The molecule has 0 aromatic carbocycles. The van der Waals surface area contributed by atoms with Gasteiger partial charge in [0, 0.05) is 6.54 Å². The maximum atomic E-state index is 11.3. The maximum Gasteiger partial charge on any atom is 0.250 e. The van der Waals surface area contributed by atoms with E-state index in [1.54, 1.807) is 6.92 Å². The molecule has 0 saturated carbocycles. The van der Waals surface area contributed by atoms with E-state index in [2.05, 4.69) is 31.9 Å². The first-order chi connectivity index (χ1) is 5.09. The van der Waals surface area contributed by atoms with Gasteiger partial charge in [-0.15, -0.1) is 0 Å². The van der Waals surface area contributed by atoms with Crippen molar-refractivity contribution in [2.75, 3.05) is 6.54 Å². The lowest BCUT2D eigenvalue weighted by Crippen LogP contribution is -2.27. The zero-order valence-corrected chi connectivity index (χ0v) is 9.78. The molecule has 3 nitrogen and oxygen atoms in total. The summed E-state index contributed by atoms with van der Waals surface area (Å²) in [4.78, 5) is 10.9. The topological polar surface area (TPSA) is 37.4 Å². The first-order valence-electron chi connectivity index (χ1n) is 3.09. The highest BCUT2D eigenvalue weighted by molar-refractivity contribution is 9.13. The van der Waals surface area contributed by atoms with Gasteiger partial charge in [0.05, 0.1) is 0 Å². The smallest absolute Gasteiger partial charge is 0.250 e. The molecule has 0 bridgehead atoms. The van der Waals surface area contributed by atoms with Crippen LogP contribution in [-0.2, 0) is 15.8 Å². The van der Waals surface area contributed by atoms with Crippen molar-refractivity contribution in [2.24, 2.45) is 0 Å². The molecular weight excluding hydrogens is 298 g/mol. The average molecular weight is 305 g/mol. The Morgan fingerprint density at radius 1 is 1.64 bits per heavy atom. The molecule has 0 aromatic rings. The van der Waals surface area contributed by atoms with Gasteiger partial charge in [-0.2, -0.15) is 0 Å². The van der Waals surface area contributed by atoms with E-state index in [4.69, 9.17) is 0 Å². The minimum atomic E-state index is -1.21. The normalized spacial score (nSPS) is 38.3. The molecule has 0 aliphatic carbocycles. The number of hydrogen-bond acceptors (Lipinski definition) is 2. The van der Waals surface area contributed by atoms with Crippen molar-refractivity contribution in [1.29, 1.82) is 0 Å². The van der Waals surface area contributed by atoms with Crippen LogP contribution in [0.2, 0.25) is 0 Å². The molecule has 1 rings (SSSR count).